The monoisotopic (exact) mass is 116 g/mol. The van der Waals surface area contributed by atoms with E-state index in [1.807, 2.05) is 0 Å². The second kappa shape index (κ2) is 3.86. The van der Waals surface area contributed by atoms with Gasteiger partial charge < -0.3 is 9.47 Å². The molecule has 0 aromatic heterocycles. The molecule has 0 amide bonds. The number of carbonyl (C=O) groups excluding carboxylic acids is 2. The van der Waals surface area contributed by atoms with Crippen LogP contribution in [0, 0.1) is 0 Å². The van der Waals surface area contributed by atoms with E-state index in [1.165, 1.54) is 0 Å². The van der Waals surface area contributed by atoms with Crippen molar-refractivity contribution < 1.29 is 19.1 Å². The van der Waals surface area contributed by atoms with Gasteiger partial charge in [-0.05, 0) is 0 Å². The third-order valence-electron chi connectivity index (χ3n) is 0.324. The third-order valence-corrected chi connectivity index (χ3v) is 0.324. The Morgan fingerprint density at radius 3 is 2.50 bits per heavy atom. The first-order chi connectivity index (χ1) is 3.81. The van der Waals surface area contributed by atoms with Crippen LogP contribution >= 0.6 is 0 Å². The van der Waals surface area contributed by atoms with Crippen LogP contribution in [0.4, 0.5) is 4.79 Å². The molecule has 8 heavy (non-hydrogen) atoms. The van der Waals surface area contributed by atoms with Gasteiger partial charge in [0.05, 0.1) is 6.26 Å². The van der Waals surface area contributed by atoms with Crippen LogP contribution < -0.4 is 0 Å². The summed E-state index contributed by atoms with van der Waals surface area (Å²) in [5, 5.41) is 0. The Balaban J connectivity index is 3.32. The molecule has 0 saturated carbocycles. The molecule has 0 N–H and O–H groups in total. The van der Waals surface area contributed by atoms with Gasteiger partial charge in [0.1, 0.15) is 0 Å². The first kappa shape index (κ1) is 6.68. The van der Waals surface area contributed by atoms with Crippen LogP contribution in [-0.2, 0) is 14.3 Å². The molecule has 0 heterocycles. The molecule has 0 spiro atoms. The van der Waals surface area contributed by atoms with E-state index < -0.39 is 6.16 Å². The molecular formula is C4H4O4. The lowest BCUT2D eigenvalue weighted by Crippen LogP contribution is -2.00. The molecular weight excluding hydrogens is 112 g/mol. The molecule has 0 unspecified atom stereocenters. The van der Waals surface area contributed by atoms with Gasteiger partial charge in [-0.2, -0.15) is 0 Å². The van der Waals surface area contributed by atoms with Gasteiger partial charge in [0.25, 0.3) is 0 Å². The molecule has 0 aromatic rings. The fourth-order valence-corrected chi connectivity index (χ4v) is 0.135. The predicted octanol–water partition coefficient (Wildman–Crippen LogP) is 0.439. The van der Waals surface area contributed by atoms with Crippen molar-refractivity contribution in [2.45, 2.75) is 0 Å². The van der Waals surface area contributed by atoms with Gasteiger partial charge in [-0.15, -0.1) is 0 Å². The zero-order chi connectivity index (χ0) is 6.41. The minimum atomic E-state index is -1.07. The molecule has 0 aliphatic rings. The Hall–Kier alpha value is -1.32. The Morgan fingerprint density at radius 2 is 2.12 bits per heavy atom. The van der Waals surface area contributed by atoms with E-state index in [9.17, 15) is 9.59 Å². The minimum absolute atomic E-state index is 0.0220. The van der Waals surface area contributed by atoms with Crippen LogP contribution in [-0.4, -0.2) is 12.6 Å². The standard InChI is InChI=1S/C4H4O4/c1-2-7-4(6)8-3-5/h2-3H,1H2. The van der Waals surface area contributed by atoms with Crippen molar-refractivity contribution in [1.82, 2.24) is 0 Å². The van der Waals surface area contributed by atoms with E-state index in [0.717, 1.165) is 6.26 Å². The van der Waals surface area contributed by atoms with E-state index >= 15 is 0 Å². The summed E-state index contributed by atoms with van der Waals surface area (Å²) < 4.78 is 7.62. The van der Waals surface area contributed by atoms with Gasteiger partial charge in [0, 0.05) is 0 Å². The van der Waals surface area contributed by atoms with Crippen molar-refractivity contribution in [1.29, 1.82) is 0 Å². The number of carbonyl (C=O) groups is 2. The van der Waals surface area contributed by atoms with Gasteiger partial charge in [-0.3, -0.25) is 4.79 Å². The normalized spacial score (nSPS) is 7.00. The first-order valence-corrected chi connectivity index (χ1v) is 1.73. The zero-order valence-corrected chi connectivity index (χ0v) is 3.99. The van der Waals surface area contributed by atoms with E-state index in [-0.39, 0.29) is 6.47 Å². The van der Waals surface area contributed by atoms with Crippen molar-refractivity contribution in [2.24, 2.45) is 0 Å². The summed E-state index contributed by atoms with van der Waals surface area (Å²) in [5.41, 5.74) is 0. The average Bonchev–Trinajstić information content (AvgIpc) is 1.68. The van der Waals surface area contributed by atoms with E-state index in [4.69, 9.17) is 0 Å². The predicted molar refractivity (Wildman–Crippen MR) is 23.8 cm³/mol. The molecule has 0 saturated heterocycles. The summed E-state index contributed by atoms with van der Waals surface area (Å²) in [7, 11) is 0. The Kier molecular flexibility index (Phi) is 3.22. The molecule has 4 heteroatoms. The molecule has 0 aliphatic heterocycles. The van der Waals surface area contributed by atoms with Crippen molar-refractivity contribution in [3.05, 3.63) is 12.8 Å². The highest BCUT2D eigenvalue weighted by atomic mass is 16.7. The second-order valence-corrected chi connectivity index (χ2v) is 0.749. The largest absolute Gasteiger partial charge is 0.520 e. The quantitative estimate of drug-likeness (QED) is 0.227. The fraction of sp³-hybridized carbons (Fsp3) is 0. The number of rotatable bonds is 2. The Bertz CT molecular complexity index is 94.6. The van der Waals surface area contributed by atoms with E-state index in [2.05, 4.69) is 16.1 Å². The highest BCUT2D eigenvalue weighted by Crippen LogP contribution is 1.79. The average molecular weight is 116 g/mol. The lowest BCUT2D eigenvalue weighted by Gasteiger charge is -1.89. The maximum Gasteiger partial charge on any atom is 0.520 e. The van der Waals surface area contributed by atoms with Crippen LogP contribution in [0.25, 0.3) is 0 Å². The topological polar surface area (TPSA) is 52.6 Å². The summed E-state index contributed by atoms with van der Waals surface area (Å²) in [4.78, 5) is 19.2. The van der Waals surface area contributed by atoms with Gasteiger partial charge in [0.2, 0.25) is 0 Å². The third kappa shape index (κ3) is 2.89. The zero-order valence-electron chi connectivity index (χ0n) is 3.99. The molecule has 0 fully saturated rings. The van der Waals surface area contributed by atoms with Crippen LogP contribution in [0.2, 0.25) is 0 Å². The smallest absolute Gasteiger partial charge is 0.403 e. The summed E-state index contributed by atoms with van der Waals surface area (Å²) in [5.74, 6) is 0. The van der Waals surface area contributed by atoms with E-state index in [0.29, 0.717) is 0 Å². The van der Waals surface area contributed by atoms with Crippen LogP contribution in [0.15, 0.2) is 12.8 Å². The number of ether oxygens (including phenoxy) is 2. The fourth-order valence-electron chi connectivity index (χ4n) is 0.135. The van der Waals surface area contributed by atoms with Gasteiger partial charge in [-0.1, -0.05) is 6.58 Å². The highest BCUT2D eigenvalue weighted by Gasteiger charge is 1.95. The first-order valence-electron chi connectivity index (χ1n) is 1.73. The maximum atomic E-state index is 9.90. The van der Waals surface area contributed by atoms with E-state index in [1.54, 1.807) is 0 Å². The molecule has 4 nitrogen and oxygen atoms in total. The van der Waals surface area contributed by atoms with Crippen molar-refractivity contribution in [3.63, 3.8) is 0 Å². The van der Waals surface area contributed by atoms with Gasteiger partial charge in [0.15, 0.2) is 0 Å². The Morgan fingerprint density at radius 1 is 1.50 bits per heavy atom. The highest BCUT2D eigenvalue weighted by molar-refractivity contribution is 5.69. The summed E-state index contributed by atoms with van der Waals surface area (Å²) in [6.45, 7) is 3.02. The second-order valence-electron chi connectivity index (χ2n) is 0.749. The van der Waals surface area contributed by atoms with Crippen LogP contribution in [0.3, 0.4) is 0 Å². The van der Waals surface area contributed by atoms with Crippen molar-refractivity contribution in [2.75, 3.05) is 0 Å². The molecule has 44 valence electrons. The van der Waals surface area contributed by atoms with Crippen LogP contribution in [0.5, 0.6) is 0 Å². The molecule has 0 aromatic carbocycles. The molecule has 0 rings (SSSR count). The Labute approximate surface area is 45.7 Å². The number of hydrogen-bond acceptors (Lipinski definition) is 4. The molecule has 0 aliphatic carbocycles. The number of hydrogen-bond donors (Lipinski definition) is 0. The SMILES string of the molecule is C=COC(=O)OC=O. The maximum absolute atomic E-state index is 9.90. The van der Waals surface area contributed by atoms with Crippen molar-refractivity contribution in [3.8, 4) is 0 Å². The molecule has 0 bridgehead atoms. The van der Waals surface area contributed by atoms with Gasteiger partial charge >= 0.3 is 12.6 Å². The minimum Gasteiger partial charge on any atom is -0.403 e. The van der Waals surface area contributed by atoms with Crippen LogP contribution in [0.1, 0.15) is 0 Å². The summed E-state index contributed by atoms with van der Waals surface area (Å²) in [6, 6.07) is 0. The summed E-state index contributed by atoms with van der Waals surface area (Å²) >= 11 is 0. The lowest BCUT2D eigenvalue weighted by molar-refractivity contribution is -0.124. The lowest BCUT2D eigenvalue weighted by atomic mass is 11.1. The molecule has 0 atom stereocenters. The van der Waals surface area contributed by atoms with Gasteiger partial charge in [-0.25, -0.2) is 4.79 Å². The summed E-state index contributed by atoms with van der Waals surface area (Å²) in [6.07, 6.45) is -0.207. The van der Waals surface area contributed by atoms with Crippen molar-refractivity contribution >= 4 is 12.6 Å². The molecule has 0 radical (unpaired) electrons.